The molecular formula is C21H24N4O5S. The quantitative estimate of drug-likeness (QED) is 0.662. The monoisotopic (exact) mass is 444 g/mol. The van der Waals surface area contributed by atoms with Crippen LogP contribution in [0, 0.1) is 4.77 Å². The Bertz CT molecular complexity index is 1170. The van der Waals surface area contributed by atoms with Crippen molar-refractivity contribution < 1.29 is 19.4 Å². The number of fused-ring (bicyclic) bond motifs is 1. The molecule has 0 aliphatic carbocycles. The van der Waals surface area contributed by atoms with E-state index >= 15 is 0 Å². The van der Waals surface area contributed by atoms with Crippen molar-refractivity contribution in [1.82, 2.24) is 14.6 Å². The highest BCUT2D eigenvalue weighted by atomic mass is 32.1. The fourth-order valence-corrected chi connectivity index (χ4v) is 4.05. The molecule has 0 saturated heterocycles. The summed E-state index contributed by atoms with van der Waals surface area (Å²) in [5, 5.41) is 16.7. The van der Waals surface area contributed by atoms with Crippen molar-refractivity contribution in [3.8, 4) is 17.4 Å². The number of nitrogens with zero attached hydrogens (tertiary/aromatic N) is 3. The Kier molecular flexibility index (Phi) is 5.81. The molecular weight excluding hydrogens is 420 g/mol. The van der Waals surface area contributed by atoms with Crippen LogP contribution in [0.5, 0.6) is 17.4 Å². The van der Waals surface area contributed by atoms with Crippen molar-refractivity contribution in [3.05, 3.63) is 44.5 Å². The summed E-state index contributed by atoms with van der Waals surface area (Å²) < 4.78 is 12.5. The van der Waals surface area contributed by atoms with Crippen molar-refractivity contribution >= 4 is 23.8 Å². The second kappa shape index (κ2) is 8.54. The maximum absolute atomic E-state index is 12.7. The number of aromatic hydroxyl groups is 1. The van der Waals surface area contributed by atoms with Gasteiger partial charge in [0.15, 0.2) is 16.3 Å². The number of carbonyl (C=O) groups excluding carboxylic acids is 1. The van der Waals surface area contributed by atoms with E-state index in [9.17, 15) is 14.7 Å². The van der Waals surface area contributed by atoms with E-state index in [1.54, 1.807) is 13.0 Å². The topological polar surface area (TPSA) is 109 Å². The lowest BCUT2D eigenvalue weighted by Gasteiger charge is -2.21. The van der Waals surface area contributed by atoms with Gasteiger partial charge in [-0.05, 0) is 36.3 Å². The number of carbonyl (C=O) groups is 1. The molecule has 9 nitrogen and oxygen atoms in total. The normalized spacial score (nSPS) is 17.2. The van der Waals surface area contributed by atoms with Crippen molar-refractivity contribution in [3.63, 3.8) is 0 Å². The first kappa shape index (κ1) is 21.1. The van der Waals surface area contributed by atoms with E-state index in [2.05, 4.69) is 10.1 Å². The van der Waals surface area contributed by atoms with E-state index in [0.29, 0.717) is 23.8 Å². The lowest BCUT2D eigenvalue weighted by molar-refractivity contribution is -0.132. The van der Waals surface area contributed by atoms with E-state index in [0.717, 1.165) is 18.4 Å². The molecule has 0 saturated carbocycles. The van der Waals surface area contributed by atoms with Crippen LogP contribution in [0.1, 0.15) is 56.7 Å². The van der Waals surface area contributed by atoms with Gasteiger partial charge in [0.25, 0.3) is 5.56 Å². The Hall–Kier alpha value is -3.14. The number of H-pyrrole nitrogens is 1. The van der Waals surface area contributed by atoms with Gasteiger partial charge < -0.3 is 14.6 Å². The molecule has 164 valence electrons. The van der Waals surface area contributed by atoms with Crippen LogP contribution in [-0.2, 0) is 11.3 Å². The fraction of sp³-hybridized carbons (Fsp3) is 0.429. The van der Waals surface area contributed by atoms with Crippen molar-refractivity contribution in [2.45, 2.75) is 52.1 Å². The lowest BCUT2D eigenvalue weighted by Crippen LogP contribution is -2.26. The maximum Gasteiger partial charge on any atom is 0.264 e. The van der Waals surface area contributed by atoms with Gasteiger partial charge in [0.05, 0.1) is 11.8 Å². The molecule has 4 rings (SSSR count). The van der Waals surface area contributed by atoms with Gasteiger partial charge in [-0.2, -0.15) is 5.10 Å². The minimum absolute atomic E-state index is 0.0434. The SMILES string of the molecule is CCCCn1c(O)c(C2=NN(C(=O)CC)C(c3ccc4c(c3)OCO4)C2)c(=O)[nH]c1=S. The summed E-state index contributed by atoms with van der Waals surface area (Å²) in [6, 6.07) is 5.03. The van der Waals surface area contributed by atoms with Crippen LogP contribution in [0.25, 0.3) is 0 Å². The van der Waals surface area contributed by atoms with Crippen molar-refractivity contribution in [1.29, 1.82) is 0 Å². The average Bonchev–Trinajstić information content (AvgIpc) is 3.39. The number of nitrogens with one attached hydrogen (secondary N) is 1. The molecule has 10 heteroatoms. The Morgan fingerprint density at radius 3 is 2.84 bits per heavy atom. The third-order valence-corrected chi connectivity index (χ3v) is 5.77. The molecule has 3 heterocycles. The number of aromatic amines is 1. The molecule has 1 aromatic carbocycles. The summed E-state index contributed by atoms with van der Waals surface area (Å²) >= 11 is 5.22. The predicted octanol–water partition coefficient (Wildman–Crippen LogP) is 3.23. The third kappa shape index (κ3) is 3.83. The minimum atomic E-state index is -0.524. The zero-order valence-corrected chi connectivity index (χ0v) is 18.2. The molecule has 1 aromatic heterocycles. The Labute approximate surface area is 183 Å². The molecule has 1 unspecified atom stereocenters. The zero-order valence-electron chi connectivity index (χ0n) is 17.4. The smallest absolute Gasteiger partial charge is 0.264 e. The van der Waals surface area contributed by atoms with Crippen molar-refractivity contribution in [2.24, 2.45) is 5.10 Å². The zero-order chi connectivity index (χ0) is 22.1. The molecule has 1 atom stereocenters. The number of amides is 1. The first-order valence-electron chi connectivity index (χ1n) is 10.3. The number of hydrogen-bond acceptors (Lipinski definition) is 7. The molecule has 0 bridgehead atoms. The highest BCUT2D eigenvalue weighted by Gasteiger charge is 2.35. The van der Waals surface area contributed by atoms with E-state index in [4.69, 9.17) is 21.7 Å². The Morgan fingerprint density at radius 2 is 2.10 bits per heavy atom. The third-order valence-electron chi connectivity index (χ3n) is 5.45. The van der Waals surface area contributed by atoms with E-state index in [1.807, 2.05) is 19.1 Å². The number of benzene rings is 1. The van der Waals surface area contributed by atoms with Gasteiger partial charge in [-0.25, -0.2) is 5.01 Å². The molecule has 2 aromatic rings. The van der Waals surface area contributed by atoms with Gasteiger partial charge in [0.1, 0.15) is 5.56 Å². The summed E-state index contributed by atoms with van der Waals surface area (Å²) in [4.78, 5) is 28.0. The van der Waals surface area contributed by atoms with Gasteiger partial charge in [0.2, 0.25) is 18.6 Å². The summed E-state index contributed by atoms with van der Waals surface area (Å²) in [6.07, 6.45) is 2.22. The second-order valence-corrected chi connectivity index (χ2v) is 7.82. The summed E-state index contributed by atoms with van der Waals surface area (Å²) in [7, 11) is 0. The number of hydrazone groups is 1. The van der Waals surface area contributed by atoms with Gasteiger partial charge >= 0.3 is 0 Å². The fourth-order valence-electron chi connectivity index (χ4n) is 3.78. The first-order chi connectivity index (χ1) is 14.9. The van der Waals surface area contributed by atoms with Crippen LogP contribution in [0.3, 0.4) is 0 Å². The first-order valence-corrected chi connectivity index (χ1v) is 10.7. The summed E-state index contributed by atoms with van der Waals surface area (Å²) in [5.74, 6) is 0.829. The Morgan fingerprint density at radius 1 is 1.32 bits per heavy atom. The molecule has 0 radical (unpaired) electrons. The largest absolute Gasteiger partial charge is 0.494 e. The predicted molar refractivity (Wildman–Crippen MR) is 116 cm³/mol. The van der Waals surface area contributed by atoms with Crippen LogP contribution in [0.15, 0.2) is 28.1 Å². The minimum Gasteiger partial charge on any atom is -0.494 e. The van der Waals surface area contributed by atoms with E-state index in [1.165, 1.54) is 9.58 Å². The molecule has 2 aliphatic rings. The molecule has 1 amide bonds. The molecule has 2 aliphatic heterocycles. The second-order valence-electron chi connectivity index (χ2n) is 7.43. The highest BCUT2D eigenvalue weighted by molar-refractivity contribution is 7.71. The van der Waals surface area contributed by atoms with Gasteiger partial charge in [-0.15, -0.1) is 0 Å². The average molecular weight is 445 g/mol. The summed E-state index contributed by atoms with van der Waals surface area (Å²) in [5.41, 5.74) is 0.661. The number of rotatable bonds is 6. The van der Waals surface area contributed by atoms with Crippen LogP contribution in [0.2, 0.25) is 0 Å². The van der Waals surface area contributed by atoms with Crippen molar-refractivity contribution in [2.75, 3.05) is 6.79 Å². The Balaban J connectivity index is 1.75. The lowest BCUT2D eigenvalue weighted by atomic mass is 9.98. The standard InChI is InChI=1S/C21H24N4O5S/c1-3-5-8-24-20(28)18(19(27)22-21(24)31)13-10-14(25(23-13)17(26)4-2)12-6-7-15-16(9-12)30-11-29-15/h6-7,9,14,28H,3-5,8,10-11H2,1-2H3,(H,22,27,31). The highest BCUT2D eigenvalue weighted by Crippen LogP contribution is 2.39. The van der Waals surface area contributed by atoms with E-state index in [-0.39, 0.29) is 41.8 Å². The maximum atomic E-state index is 12.7. The molecule has 31 heavy (non-hydrogen) atoms. The number of unbranched alkanes of at least 4 members (excludes halogenated alkanes) is 1. The number of ether oxygens (including phenoxy) is 2. The van der Waals surface area contributed by atoms with Gasteiger partial charge in [-0.3, -0.25) is 19.1 Å². The number of hydrogen-bond donors (Lipinski definition) is 2. The molecule has 2 N–H and O–H groups in total. The van der Waals surface area contributed by atoms with Gasteiger partial charge in [0, 0.05) is 19.4 Å². The van der Waals surface area contributed by atoms with Crippen LogP contribution < -0.4 is 15.0 Å². The van der Waals surface area contributed by atoms with Crippen LogP contribution in [0.4, 0.5) is 0 Å². The molecule has 0 spiro atoms. The van der Waals surface area contributed by atoms with Crippen LogP contribution in [-0.4, -0.2) is 38.1 Å². The van der Waals surface area contributed by atoms with E-state index < -0.39 is 11.6 Å². The van der Waals surface area contributed by atoms with Crippen LogP contribution >= 0.6 is 12.2 Å². The summed E-state index contributed by atoms with van der Waals surface area (Å²) in [6.45, 7) is 4.40. The number of aromatic nitrogens is 2. The molecule has 0 fully saturated rings. The van der Waals surface area contributed by atoms with Gasteiger partial charge in [-0.1, -0.05) is 26.3 Å².